The highest BCUT2D eigenvalue weighted by Gasteiger charge is 2.38. The lowest BCUT2D eigenvalue weighted by atomic mass is 9.83. The third-order valence-electron chi connectivity index (χ3n) is 5.06. The maximum absolute atomic E-state index is 12.2. The zero-order chi connectivity index (χ0) is 21.0. The normalized spacial score (nSPS) is 14.7. The van der Waals surface area contributed by atoms with E-state index < -0.39 is 0 Å². The van der Waals surface area contributed by atoms with Crippen LogP contribution in [0.5, 0.6) is 5.88 Å². The first kappa shape index (κ1) is 20.3. The fraction of sp³-hybridized carbons (Fsp3) is 0.261. The van der Waals surface area contributed by atoms with Crippen molar-refractivity contribution in [2.75, 3.05) is 19.8 Å². The van der Waals surface area contributed by atoms with Crippen molar-refractivity contribution in [3.05, 3.63) is 88.3 Å². The molecule has 0 radical (unpaired) electrons. The average molecular weight is 424 g/mol. The number of hydrogen-bond donors (Lipinski definition) is 0. The van der Waals surface area contributed by atoms with E-state index >= 15 is 0 Å². The van der Waals surface area contributed by atoms with Crippen LogP contribution >= 0.6 is 11.6 Å². The molecule has 0 aliphatic carbocycles. The maximum atomic E-state index is 12.2. The van der Waals surface area contributed by atoms with E-state index in [2.05, 4.69) is 16.7 Å². The number of benzene rings is 1. The van der Waals surface area contributed by atoms with Crippen molar-refractivity contribution < 1.29 is 9.47 Å². The van der Waals surface area contributed by atoms with Gasteiger partial charge in [-0.2, -0.15) is 5.10 Å². The molecule has 1 saturated heterocycles. The van der Waals surface area contributed by atoms with Crippen LogP contribution < -0.4 is 10.3 Å². The van der Waals surface area contributed by atoms with Crippen molar-refractivity contribution in [2.45, 2.75) is 13.0 Å². The Hall–Kier alpha value is -2.96. The van der Waals surface area contributed by atoms with Crippen LogP contribution in [-0.2, 0) is 11.3 Å². The SMILES string of the molecule is C=CCC1(COc2ccc(-c3ccc(=O)n(Cc4ccc(Cl)cc4)n3)cn2)COC1. The summed E-state index contributed by atoms with van der Waals surface area (Å²) >= 11 is 5.93. The largest absolute Gasteiger partial charge is 0.477 e. The predicted molar refractivity (Wildman–Crippen MR) is 116 cm³/mol. The minimum Gasteiger partial charge on any atom is -0.477 e. The number of aromatic nitrogens is 3. The summed E-state index contributed by atoms with van der Waals surface area (Å²) < 4.78 is 12.6. The second-order valence-corrected chi connectivity index (χ2v) is 7.94. The number of allylic oxidation sites excluding steroid dienone is 1. The smallest absolute Gasteiger partial charge is 0.267 e. The molecule has 1 fully saturated rings. The third-order valence-corrected chi connectivity index (χ3v) is 5.32. The Labute approximate surface area is 179 Å². The van der Waals surface area contributed by atoms with Gasteiger partial charge in [-0.25, -0.2) is 9.67 Å². The molecule has 3 heterocycles. The molecule has 4 rings (SSSR count). The summed E-state index contributed by atoms with van der Waals surface area (Å²) in [6.07, 6.45) is 4.45. The van der Waals surface area contributed by atoms with E-state index in [1.165, 1.54) is 10.7 Å². The molecule has 0 bridgehead atoms. The van der Waals surface area contributed by atoms with Crippen LogP contribution in [0.4, 0.5) is 0 Å². The first-order valence-corrected chi connectivity index (χ1v) is 10.1. The lowest BCUT2D eigenvalue weighted by molar-refractivity contribution is -0.130. The minimum atomic E-state index is -0.170. The van der Waals surface area contributed by atoms with Crippen LogP contribution in [0.1, 0.15) is 12.0 Å². The molecule has 0 atom stereocenters. The molecule has 0 spiro atoms. The summed E-state index contributed by atoms with van der Waals surface area (Å²) in [5.74, 6) is 0.545. The Morgan fingerprint density at radius 3 is 2.60 bits per heavy atom. The molecular formula is C23H22ClN3O3. The molecule has 1 aromatic carbocycles. The zero-order valence-corrected chi connectivity index (χ0v) is 17.2. The lowest BCUT2D eigenvalue weighted by Gasteiger charge is -2.40. The number of rotatable bonds is 8. The minimum absolute atomic E-state index is 0.000815. The fourth-order valence-corrected chi connectivity index (χ4v) is 3.41. The van der Waals surface area contributed by atoms with Crippen LogP contribution in [0.25, 0.3) is 11.3 Å². The second-order valence-electron chi connectivity index (χ2n) is 7.50. The Balaban J connectivity index is 1.46. The summed E-state index contributed by atoms with van der Waals surface area (Å²) in [6, 6.07) is 14.3. The van der Waals surface area contributed by atoms with Gasteiger partial charge in [0, 0.05) is 28.9 Å². The number of halogens is 1. The van der Waals surface area contributed by atoms with Crippen molar-refractivity contribution in [1.82, 2.24) is 14.8 Å². The van der Waals surface area contributed by atoms with Crippen molar-refractivity contribution in [2.24, 2.45) is 5.41 Å². The van der Waals surface area contributed by atoms with E-state index in [4.69, 9.17) is 21.1 Å². The van der Waals surface area contributed by atoms with Gasteiger partial charge in [0.05, 0.1) is 30.9 Å². The van der Waals surface area contributed by atoms with Crippen molar-refractivity contribution >= 4 is 11.6 Å². The maximum Gasteiger partial charge on any atom is 0.267 e. The van der Waals surface area contributed by atoms with E-state index in [0.29, 0.717) is 43.0 Å². The third kappa shape index (κ3) is 4.61. The van der Waals surface area contributed by atoms with E-state index in [1.54, 1.807) is 24.4 Å². The van der Waals surface area contributed by atoms with E-state index in [-0.39, 0.29) is 11.0 Å². The molecule has 0 N–H and O–H groups in total. The molecular weight excluding hydrogens is 402 g/mol. The number of pyridine rings is 1. The molecule has 0 amide bonds. The topological polar surface area (TPSA) is 66.2 Å². The quantitative estimate of drug-likeness (QED) is 0.513. The summed E-state index contributed by atoms with van der Waals surface area (Å²) in [7, 11) is 0. The second kappa shape index (κ2) is 8.81. The van der Waals surface area contributed by atoms with Gasteiger partial charge in [-0.1, -0.05) is 29.8 Å². The van der Waals surface area contributed by atoms with Gasteiger partial charge >= 0.3 is 0 Å². The van der Waals surface area contributed by atoms with E-state index in [9.17, 15) is 4.79 Å². The predicted octanol–water partition coefficient (Wildman–Crippen LogP) is 3.98. The van der Waals surface area contributed by atoms with Gasteiger partial charge in [-0.15, -0.1) is 6.58 Å². The molecule has 6 nitrogen and oxygen atoms in total. The monoisotopic (exact) mass is 423 g/mol. The van der Waals surface area contributed by atoms with Gasteiger partial charge in [-0.3, -0.25) is 4.79 Å². The van der Waals surface area contributed by atoms with Crippen LogP contribution in [0.3, 0.4) is 0 Å². The number of ether oxygens (including phenoxy) is 2. The average Bonchev–Trinajstić information content (AvgIpc) is 2.73. The van der Waals surface area contributed by atoms with Gasteiger partial charge in [0.1, 0.15) is 6.61 Å². The van der Waals surface area contributed by atoms with Crippen LogP contribution in [0.2, 0.25) is 5.02 Å². The highest BCUT2D eigenvalue weighted by atomic mass is 35.5. The summed E-state index contributed by atoms with van der Waals surface area (Å²) in [5, 5.41) is 5.14. The van der Waals surface area contributed by atoms with Crippen LogP contribution in [-0.4, -0.2) is 34.6 Å². The van der Waals surface area contributed by atoms with Gasteiger partial charge in [0.15, 0.2) is 0 Å². The Kier molecular flexibility index (Phi) is 5.97. The summed E-state index contributed by atoms with van der Waals surface area (Å²) in [4.78, 5) is 16.6. The van der Waals surface area contributed by atoms with Crippen molar-refractivity contribution in [3.63, 3.8) is 0 Å². The number of nitrogens with zero attached hydrogens (tertiary/aromatic N) is 3. The molecule has 2 aromatic heterocycles. The Morgan fingerprint density at radius 2 is 1.97 bits per heavy atom. The molecule has 154 valence electrons. The molecule has 7 heteroatoms. The van der Waals surface area contributed by atoms with Crippen molar-refractivity contribution in [3.8, 4) is 17.1 Å². The molecule has 30 heavy (non-hydrogen) atoms. The Morgan fingerprint density at radius 1 is 1.17 bits per heavy atom. The first-order valence-electron chi connectivity index (χ1n) is 9.67. The standard InChI is InChI=1S/C23H22ClN3O3/c1-2-11-23(14-29-15-23)16-30-21-9-5-18(12-25-21)20-8-10-22(28)27(26-20)13-17-3-6-19(24)7-4-17/h2-10,12H,1,11,13-16H2. The van der Waals surface area contributed by atoms with Gasteiger partial charge < -0.3 is 9.47 Å². The van der Waals surface area contributed by atoms with E-state index in [0.717, 1.165) is 17.5 Å². The van der Waals surface area contributed by atoms with E-state index in [1.807, 2.05) is 30.3 Å². The summed E-state index contributed by atoms with van der Waals surface area (Å²) in [6.45, 7) is 6.07. The molecule has 3 aromatic rings. The molecule has 1 aliphatic rings. The Bertz CT molecular complexity index is 1070. The van der Waals surface area contributed by atoms with Crippen LogP contribution in [0, 0.1) is 5.41 Å². The van der Waals surface area contributed by atoms with Gasteiger partial charge in [0.2, 0.25) is 5.88 Å². The molecule has 0 saturated carbocycles. The van der Waals surface area contributed by atoms with Gasteiger partial charge in [-0.05, 0) is 36.2 Å². The number of hydrogen-bond acceptors (Lipinski definition) is 5. The highest BCUT2D eigenvalue weighted by Crippen LogP contribution is 2.32. The molecule has 1 aliphatic heterocycles. The van der Waals surface area contributed by atoms with Crippen molar-refractivity contribution in [1.29, 1.82) is 0 Å². The lowest BCUT2D eigenvalue weighted by Crippen LogP contribution is -2.46. The van der Waals surface area contributed by atoms with Crippen LogP contribution in [0.15, 0.2) is 72.2 Å². The van der Waals surface area contributed by atoms with Gasteiger partial charge in [0.25, 0.3) is 5.56 Å². The summed E-state index contributed by atoms with van der Waals surface area (Å²) in [5.41, 5.74) is 2.25. The fourth-order valence-electron chi connectivity index (χ4n) is 3.28. The first-order chi connectivity index (χ1) is 14.6. The highest BCUT2D eigenvalue weighted by molar-refractivity contribution is 6.30. The molecule has 0 unspecified atom stereocenters. The zero-order valence-electron chi connectivity index (χ0n) is 16.5.